The maximum Gasteiger partial charge on any atom is 0.142 e. The smallest absolute Gasteiger partial charge is 0.142 e. The average molecular weight is 252 g/mol. The number of rotatable bonds is 4. The van der Waals surface area contributed by atoms with E-state index in [2.05, 4.69) is 5.16 Å². The second-order valence-corrected chi connectivity index (χ2v) is 4.57. The summed E-state index contributed by atoms with van der Waals surface area (Å²) in [6.45, 7) is 0.457. The van der Waals surface area contributed by atoms with Crippen LogP contribution in [0.2, 0.25) is 5.02 Å². The number of hydrogen-bond donors (Lipinski definition) is 0. The van der Waals surface area contributed by atoms with Crippen LogP contribution in [0.1, 0.15) is 10.4 Å². The van der Waals surface area contributed by atoms with Crippen LogP contribution in [0.15, 0.2) is 46.9 Å². The summed E-state index contributed by atoms with van der Waals surface area (Å²) < 4.78 is 0. The van der Waals surface area contributed by atoms with E-state index in [1.807, 2.05) is 41.8 Å². The van der Waals surface area contributed by atoms with Gasteiger partial charge in [0, 0.05) is 9.90 Å². The van der Waals surface area contributed by atoms with Crippen molar-refractivity contribution < 1.29 is 4.84 Å². The fourth-order valence-corrected chi connectivity index (χ4v) is 1.85. The summed E-state index contributed by atoms with van der Waals surface area (Å²) in [7, 11) is 0. The SMILES string of the molecule is Clc1ccc(CO/N=C/c2cccs2)cc1. The van der Waals surface area contributed by atoms with Crippen LogP contribution in [0.25, 0.3) is 0 Å². The third kappa shape index (κ3) is 3.36. The zero-order valence-electron chi connectivity index (χ0n) is 8.47. The van der Waals surface area contributed by atoms with Crippen LogP contribution in [-0.4, -0.2) is 6.21 Å². The van der Waals surface area contributed by atoms with Gasteiger partial charge >= 0.3 is 0 Å². The van der Waals surface area contributed by atoms with Crippen molar-refractivity contribution in [2.24, 2.45) is 5.16 Å². The topological polar surface area (TPSA) is 21.6 Å². The molecule has 2 aromatic rings. The van der Waals surface area contributed by atoms with E-state index in [0.717, 1.165) is 15.5 Å². The van der Waals surface area contributed by atoms with Crippen LogP contribution in [0.3, 0.4) is 0 Å². The Bertz CT molecular complexity index is 450. The number of hydrogen-bond acceptors (Lipinski definition) is 3. The van der Waals surface area contributed by atoms with Gasteiger partial charge in [0.1, 0.15) is 6.61 Å². The Morgan fingerprint density at radius 1 is 1.25 bits per heavy atom. The van der Waals surface area contributed by atoms with E-state index in [0.29, 0.717) is 6.61 Å². The molecule has 2 rings (SSSR count). The lowest BCUT2D eigenvalue weighted by atomic mass is 10.2. The van der Waals surface area contributed by atoms with Gasteiger partial charge in [-0.3, -0.25) is 0 Å². The third-order valence-corrected chi connectivity index (χ3v) is 3.00. The molecule has 1 aromatic heterocycles. The summed E-state index contributed by atoms with van der Waals surface area (Å²) >= 11 is 7.40. The van der Waals surface area contributed by atoms with Crippen molar-refractivity contribution >= 4 is 29.2 Å². The van der Waals surface area contributed by atoms with Crippen molar-refractivity contribution in [3.05, 3.63) is 57.2 Å². The first-order chi connectivity index (χ1) is 7.84. The van der Waals surface area contributed by atoms with Crippen LogP contribution >= 0.6 is 22.9 Å². The number of halogens is 1. The standard InChI is InChI=1S/C12H10ClNOS/c13-11-5-3-10(4-6-11)9-15-14-8-12-2-1-7-16-12/h1-8H,9H2/b14-8+. The second-order valence-electron chi connectivity index (χ2n) is 3.15. The Hall–Kier alpha value is -1.32. The molecule has 1 aromatic carbocycles. The number of oxime groups is 1. The van der Waals surface area contributed by atoms with Crippen LogP contribution in [0.5, 0.6) is 0 Å². The lowest BCUT2D eigenvalue weighted by Crippen LogP contribution is -1.86. The van der Waals surface area contributed by atoms with Gasteiger partial charge in [0.15, 0.2) is 0 Å². The molecule has 82 valence electrons. The molecule has 0 N–H and O–H groups in total. The predicted octanol–water partition coefficient (Wildman–Crippen LogP) is 3.95. The molecule has 0 saturated heterocycles. The lowest BCUT2D eigenvalue weighted by Gasteiger charge is -1.99. The van der Waals surface area contributed by atoms with Crippen LogP contribution in [0.4, 0.5) is 0 Å². The lowest BCUT2D eigenvalue weighted by molar-refractivity contribution is 0.132. The highest BCUT2D eigenvalue weighted by atomic mass is 35.5. The van der Waals surface area contributed by atoms with E-state index >= 15 is 0 Å². The van der Waals surface area contributed by atoms with Crippen LogP contribution in [-0.2, 0) is 11.4 Å². The van der Waals surface area contributed by atoms with Gasteiger partial charge < -0.3 is 4.84 Å². The van der Waals surface area contributed by atoms with Gasteiger partial charge in [-0.1, -0.05) is 35.0 Å². The van der Waals surface area contributed by atoms with Crippen LogP contribution < -0.4 is 0 Å². The Morgan fingerprint density at radius 3 is 2.75 bits per heavy atom. The van der Waals surface area contributed by atoms with Gasteiger partial charge in [0.2, 0.25) is 0 Å². The van der Waals surface area contributed by atoms with Gasteiger partial charge in [-0.25, -0.2) is 0 Å². The molecule has 0 saturated carbocycles. The summed E-state index contributed by atoms with van der Waals surface area (Å²) in [6, 6.07) is 11.5. The van der Waals surface area contributed by atoms with E-state index in [4.69, 9.17) is 16.4 Å². The number of nitrogens with zero attached hydrogens (tertiary/aromatic N) is 1. The minimum absolute atomic E-state index is 0.457. The van der Waals surface area contributed by atoms with Gasteiger partial charge in [0.05, 0.1) is 6.21 Å². The maximum absolute atomic E-state index is 5.77. The van der Waals surface area contributed by atoms with E-state index in [-0.39, 0.29) is 0 Å². The molecule has 4 heteroatoms. The molecule has 1 heterocycles. The molecule has 0 aliphatic heterocycles. The third-order valence-electron chi connectivity index (χ3n) is 1.94. The second kappa shape index (κ2) is 5.68. The summed E-state index contributed by atoms with van der Waals surface area (Å²) in [6.07, 6.45) is 1.71. The zero-order chi connectivity index (χ0) is 11.2. The molecule has 2 nitrogen and oxygen atoms in total. The minimum atomic E-state index is 0.457. The molecular formula is C12H10ClNOS. The minimum Gasteiger partial charge on any atom is -0.391 e. The van der Waals surface area contributed by atoms with Crippen molar-refractivity contribution in [2.45, 2.75) is 6.61 Å². The molecule has 0 spiro atoms. The van der Waals surface area contributed by atoms with Crippen molar-refractivity contribution in [2.75, 3.05) is 0 Å². The van der Waals surface area contributed by atoms with E-state index in [9.17, 15) is 0 Å². The largest absolute Gasteiger partial charge is 0.391 e. The first kappa shape index (κ1) is 11.2. The quantitative estimate of drug-likeness (QED) is 0.596. The fourth-order valence-electron chi connectivity index (χ4n) is 1.15. The molecule has 0 bridgehead atoms. The maximum atomic E-state index is 5.77. The normalized spacial score (nSPS) is 10.8. The molecule has 0 unspecified atom stereocenters. The molecular weight excluding hydrogens is 242 g/mol. The highest BCUT2D eigenvalue weighted by Crippen LogP contribution is 2.10. The van der Waals surface area contributed by atoms with Crippen molar-refractivity contribution in [1.29, 1.82) is 0 Å². The highest BCUT2D eigenvalue weighted by Gasteiger charge is 1.92. The number of benzene rings is 1. The van der Waals surface area contributed by atoms with E-state index in [1.54, 1.807) is 17.6 Å². The monoisotopic (exact) mass is 251 g/mol. The first-order valence-corrected chi connectivity index (χ1v) is 6.03. The fraction of sp³-hybridized carbons (Fsp3) is 0.0833. The summed E-state index contributed by atoms with van der Waals surface area (Å²) in [5.74, 6) is 0. The van der Waals surface area contributed by atoms with Gasteiger partial charge in [-0.05, 0) is 29.1 Å². The number of thiophene rings is 1. The Kier molecular flexibility index (Phi) is 3.97. The van der Waals surface area contributed by atoms with E-state index < -0.39 is 0 Å². The molecule has 0 aliphatic rings. The Labute approximate surface area is 103 Å². The van der Waals surface area contributed by atoms with Crippen molar-refractivity contribution in [3.63, 3.8) is 0 Å². The molecule has 16 heavy (non-hydrogen) atoms. The average Bonchev–Trinajstić information content (AvgIpc) is 2.80. The van der Waals surface area contributed by atoms with Crippen LogP contribution in [0, 0.1) is 0 Å². The van der Waals surface area contributed by atoms with Gasteiger partial charge in [-0.2, -0.15) is 0 Å². The molecule has 0 radical (unpaired) electrons. The summed E-state index contributed by atoms with van der Waals surface area (Å²) in [4.78, 5) is 6.25. The van der Waals surface area contributed by atoms with Gasteiger partial charge in [0.25, 0.3) is 0 Å². The molecule has 0 atom stereocenters. The van der Waals surface area contributed by atoms with Crippen molar-refractivity contribution in [1.82, 2.24) is 0 Å². The van der Waals surface area contributed by atoms with Gasteiger partial charge in [-0.15, -0.1) is 11.3 Å². The summed E-state index contributed by atoms with van der Waals surface area (Å²) in [5.41, 5.74) is 1.05. The molecule has 0 fully saturated rings. The highest BCUT2D eigenvalue weighted by molar-refractivity contribution is 7.11. The summed E-state index contributed by atoms with van der Waals surface area (Å²) in [5, 5.41) is 6.61. The zero-order valence-corrected chi connectivity index (χ0v) is 10.0. The predicted molar refractivity (Wildman–Crippen MR) is 68.2 cm³/mol. The van der Waals surface area contributed by atoms with E-state index in [1.165, 1.54) is 0 Å². The molecule has 0 aliphatic carbocycles. The molecule has 0 amide bonds. The van der Waals surface area contributed by atoms with Crippen molar-refractivity contribution in [3.8, 4) is 0 Å². The first-order valence-electron chi connectivity index (χ1n) is 4.78. The Balaban J connectivity index is 1.82. The Morgan fingerprint density at radius 2 is 2.06 bits per heavy atom.